The van der Waals surface area contributed by atoms with Crippen LogP contribution in [0.1, 0.15) is 32.4 Å². The molecule has 3 aromatic carbocycles. The Labute approximate surface area is 226 Å². The van der Waals surface area contributed by atoms with Crippen molar-refractivity contribution in [3.05, 3.63) is 106 Å². The number of hydrogen-bond donors (Lipinski definition) is 1. The van der Waals surface area contributed by atoms with Gasteiger partial charge in [-0.25, -0.2) is 0 Å². The zero-order valence-corrected chi connectivity index (χ0v) is 22.2. The van der Waals surface area contributed by atoms with Crippen molar-refractivity contribution in [1.29, 1.82) is 0 Å². The molecule has 6 nitrogen and oxygen atoms in total. The van der Waals surface area contributed by atoms with E-state index in [-0.39, 0.29) is 17.2 Å². The largest absolute Gasteiger partial charge is 0.322 e. The monoisotopic (exact) mass is 552 g/mol. The molecule has 1 aromatic heterocycles. The first kappa shape index (κ1) is 24.8. The predicted octanol–water partition coefficient (Wildman–Crippen LogP) is 6.51. The van der Waals surface area contributed by atoms with Gasteiger partial charge in [-0.3, -0.25) is 14.9 Å². The minimum Gasteiger partial charge on any atom is -0.322 e. The predicted molar refractivity (Wildman–Crippen MR) is 148 cm³/mol. The van der Waals surface area contributed by atoms with Crippen molar-refractivity contribution in [2.75, 3.05) is 11.1 Å². The van der Waals surface area contributed by atoms with Crippen LogP contribution in [0, 0.1) is 0 Å². The molecule has 10 heteroatoms. The lowest BCUT2D eigenvalue weighted by atomic mass is 10.1. The Hall–Kier alpha value is -2.85. The third-order valence-electron chi connectivity index (χ3n) is 5.52. The highest BCUT2D eigenvalue weighted by molar-refractivity contribution is 8.00. The molecule has 182 valence electrons. The van der Waals surface area contributed by atoms with Crippen LogP contribution >= 0.6 is 46.5 Å². The van der Waals surface area contributed by atoms with Gasteiger partial charge >= 0.3 is 0 Å². The number of amides is 2. The molecular weight excluding hydrogens is 532 g/mol. The summed E-state index contributed by atoms with van der Waals surface area (Å²) in [6.45, 7) is 0.511. The molecular formula is C26H21ClN4O2S3. The van der Waals surface area contributed by atoms with E-state index in [0.29, 0.717) is 28.0 Å². The summed E-state index contributed by atoms with van der Waals surface area (Å²) < 4.78 is 0.799. The molecule has 36 heavy (non-hydrogen) atoms. The summed E-state index contributed by atoms with van der Waals surface area (Å²) in [5.74, 6) is 1.08. The number of rotatable bonds is 8. The van der Waals surface area contributed by atoms with Crippen molar-refractivity contribution < 1.29 is 9.59 Å². The normalized spacial score (nSPS) is 15.3. The van der Waals surface area contributed by atoms with Gasteiger partial charge in [0.1, 0.15) is 5.37 Å². The summed E-state index contributed by atoms with van der Waals surface area (Å²) >= 11 is 10.5. The van der Waals surface area contributed by atoms with E-state index in [0.717, 1.165) is 21.2 Å². The van der Waals surface area contributed by atoms with E-state index in [2.05, 4.69) is 27.6 Å². The zero-order valence-electron chi connectivity index (χ0n) is 19.0. The average Bonchev–Trinajstić information content (AvgIpc) is 3.51. The summed E-state index contributed by atoms with van der Waals surface area (Å²) in [6, 6.07) is 25.0. The van der Waals surface area contributed by atoms with Crippen molar-refractivity contribution in [2.24, 2.45) is 0 Å². The van der Waals surface area contributed by atoms with Crippen LogP contribution in [-0.4, -0.2) is 32.7 Å². The Morgan fingerprint density at radius 2 is 1.75 bits per heavy atom. The van der Waals surface area contributed by atoms with Crippen molar-refractivity contribution in [2.45, 2.75) is 22.0 Å². The summed E-state index contributed by atoms with van der Waals surface area (Å²) in [4.78, 5) is 27.2. The van der Waals surface area contributed by atoms with E-state index in [4.69, 9.17) is 11.6 Å². The lowest BCUT2D eigenvalue weighted by Crippen LogP contribution is -2.27. The molecule has 1 aliphatic rings. The van der Waals surface area contributed by atoms with Gasteiger partial charge in [0.15, 0.2) is 4.34 Å². The van der Waals surface area contributed by atoms with Crippen LogP contribution < -0.4 is 5.32 Å². The highest BCUT2D eigenvalue weighted by atomic mass is 35.5. The number of anilines is 1. The zero-order chi connectivity index (χ0) is 24.9. The second-order valence-corrected chi connectivity index (χ2v) is 11.7. The van der Waals surface area contributed by atoms with E-state index in [9.17, 15) is 9.59 Å². The molecule has 0 bridgehead atoms. The molecule has 1 fully saturated rings. The minimum absolute atomic E-state index is 0.0963. The summed E-state index contributed by atoms with van der Waals surface area (Å²) in [7, 11) is 0. The van der Waals surface area contributed by atoms with Crippen LogP contribution in [0.25, 0.3) is 0 Å². The van der Waals surface area contributed by atoms with Crippen molar-refractivity contribution in [3.63, 3.8) is 0 Å². The molecule has 0 aliphatic carbocycles. The number of nitrogens with one attached hydrogen (secondary N) is 1. The van der Waals surface area contributed by atoms with Crippen LogP contribution in [-0.2, 0) is 17.1 Å². The topological polar surface area (TPSA) is 75.2 Å². The maximum Gasteiger partial charge on any atom is 0.257 e. The second kappa shape index (κ2) is 11.5. The first-order chi connectivity index (χ1) is 17.5. The number of halogens is 1. The lowest BCUT2D eigenvalue weighted by molar-refractivity contribution is -0.128. The van der Waals surface area contributed by atoms with Gasteiger partial charge in [0.25, 0.3) is 5.91 Å². The molecule has 2 heterocycles. The number of carbonyl (C=O) groups is 2. The summed E-state index contributed by atoms with van der Waals surface area (Å²) in [5.41, 5.74) is 3.73. The maximum atomic E-state index is 12.8. The number of carbonyl (C=O) groups excluding carboxylic acids is 2. The standard InChI is InChI=1S/C26H21ClN4O2S3/c27-21-12-6-17(7-13-21)14-31-22(32)16-34-24(31)20-10-8-19(9-11-20)23(33)28-25-29-30-26(36-25)35-15-18-4-2-1-3-5-18/h1-13,24H,14-16H2,(H,28,29,33). The third-order valence-corrected chi connectivity index (χ3v) is 9.08. The fourth-order valence-electron chi connectivity index (χ4n) is 3.69. The van der Waals surface area contributed by atoms with Gasteiger partial charge < -0.3 is 4.90 Å². The Morgan fingerprint density at radius 1 is 1.00 bits per heavy atom. The number of benzene rings is 3. The molecule has 2 amide bonds. The molecule has 1 N–H and O–H groups in total. The maximum absolute atomic E-state index is 12.8. The number of thioether (sulfide) groups is 2. The second-order valence-electron chi connectivity index (χ2n) is 8.03. The molecule has 4 aromatic rings. The van der Waals surface area contributed by atoms with E-state index in [1.807, 2.05) is 59.5 Å². The minimum atomic E-state index is -0.245. The van der Waals surface area contributed by atoms with E-state index in [1.165, 1.54) is 16.9 Å². The highest BCUT2D eigenvalue weighted by Crippen LogP contribution is 2.39. The molecule has 1 saturated heterocycles. The Balaban J connectivity index is 1.20. The van der Waals surface area contributed by atoms with E-state index < -0.39 is 0 Å². The fourth-order valence-corrected chi connectivity index (χ4v) is 6.71. The molecule has 5 rings (SSSR count). The molecule has 1 aliphatic heterocycles. The Kier molecular flexibility index (Phi) is 7.91. The van der Waals surface area contributed by atoms with Crippen molar-refractivity contribution in [3.8, 4) is 0 Å². The van der Waals surface area contributed by atoms with Crippen molar-refractivity contribution in [1.82, 2.24) is 15.1 Å². The summed E-state index contributed by atoms with van der Waals surface area (Å²) in [6.07, 6.45) is 0. The Bertz CT molecular complexity index is 1350. The first-order valence-corrected chi connectivity index (χ1v) is 14.3. The number of aromatic nitrogens is 2. The van der Waals surface area contributed by atoms with Crippen LogP contribution in [0.4, 0.5) is 5.13 Å². The fraction of sp³-hybridized carbons (Fsp3) is 0.154. The molecule has 0 saturated carbocycles. The molecule has 0 spiro atoms. The van der Waals surface area contributed by atoms with E-state index in [1.54, 1.807) is 35.7 Å². The quantitative estimate of drug-likeness (QED) is 0.198. The van der Waals surface area contributed by atoms with Crippen LogP contribution in [0.3, 0.4) is 0 Å². The van der Waals surface area contributed by atoms with Gasteiger partial charge in [-0.2, -0.15) is 0 Å². The van der Waals surface area contributed by atoms with E-state index >= 15 is 0 Å². The SMILES string of the molecule is O=C(Nc1nnc(SCc2ccccc2)s1)c1ccc(C2SCC(=O)N2Cc2ccc(Cl)cc2)cc1. The first-order valence-electron chi connectivity index (χ1n) is 11.1. The molecule has 0 radical (unpaired) electrons. The van der Waals surface area contributed by atoms with Crippen molar-refractivity contribution >= 4 is 63.4 Å². The number of hydrogen-bond acceptors (Lipinski definition) is 7. The highest BCUT2D eigenvalue weighted by Gasteiger charge is 2.32. The van der Waals surface area contributed by atoms with Gasteiger partial charge in [-0.1, -0.05) is 89.3 Å². The van der Waals surface area contributed by atoms with Gasteiger partial charge in [-0.05, 0) is 41.0 Å². The summed E-state index contributed by atoms with van der Waals surface area (Å²) in [5, 5.41) is 12.1. The smallest absolute Gasteiger partial charge is 0.257 e. The molecule has 1 atom stereocenters. The van der Waals surface area contributed by atoms with Gasteiger partial charge in [0.2, 0.25) is 11.0 Å². The molecule has 1 unspecified atom stereocenters. The van der Waals surface area contributed by atoms with Gasteiger partial charge in [0, 0.05) is 22.9 Å². The van der Waals surface area contributed by atoms with Crippen LogP contribution in [0.15, 0.2) is 83.2 Å². The van der Waals surface area contributed by atoms with Crippen LogP contribution in [0.2, 0.25) is 5.02 Å². The van der Waals surface area contributed by atoms with Crippen LogP contribution in [0.5, 0.6) is 0 Å². The Morgan fingerprint density at radius 3 is 2.50 bits per heavy atom. The number of nitrogens with zero attached hydrogens (tertiary/aromatic N) is 3. The van der Waals surface area contributed by atoms with Gasteiger partial charge in [-0.15, -0.1) is 22.0 Å². The average molecular weight is 553 g/mol. The lowest BCUT2D eigenvalue weighted by Gasteiger charge is -2.24. The third kappa shape index (κ3) is 6.10. The van der Waals surface area contributed by atoms with Gasteiger partial charge in [0.05, 0.1) is 5.75 Å².